The van der Waals surface area contributed by atoms with Gasteiger partial charge in [0, 0.05) is 12.5 Å². The highest BCUT2D eigenvalue weighted by Gasteiger charge is 2.19. The SMILES string of the molecule is CNCc1ccc(CCCCNC2CC2)o1. The Balaban J connectivity index is 1.56. The Morgan fingerprint density at radius 2 is 2.06 bits per heavy atom. The van der Waals surface area contributed by atoms with E-state index in [0.717, 1.165) is 37.1 Å². The van der Waals surface area contributed by atoms with Crippen molar-refractivity contribution in [3.8, 4) is 0 Å². The Hall–Kier alpha value is -0.800. The molecule has 0 aliphatic heterocycles. The van der Waals surface area contributed by atoms with Gasteiger partial charge in [0.15, 0.2) is 0 Å². The highest BCUT2D eigenvalue weighted by Crippen LogP contribution is 2.18. The minimum atomic E-state index is 0.823. The predicted molar refractivity (Wildman–Crippen MR) is 65.4 cm³/mol. The van der Waals surface area contributed by atoms with Crippen LogP contribution in [0.25, 0.3) is 0 Å². The van der Waals surface area contributed by atoms with Gasteiger partial charge in [-0.05, 0) is 51.4 Å². The fourth-order valence-electron chi connectivity index (χ4n) is 1.84. The van der Waals surface area contributed by atoms with E-state index in [0.29, 0.717) is 0 Å². The number of furan rings is 1. The molecule has 0 unspecified atom stereocenters. The molecule has 0 amide bonds. The van der Waals surface area contributed by atoms with Crippen LogP contribution in [0.15, 0.2) is 16.5 Å². The zero-order valence-corrected chi connectivity index (χ0v) is 10.1. The van der Waals surface area contributed by atoms with Gasteiger partial charge in [0.2, 0.25) is 0 Å². The van der Waals surface area contributed by atoms with Crippen LogP contribution >= 0.6 is 0 Å². The van der Waals surface area contributed by atoms with Crippen LogP contribution in [0.4, 0.5) is 0 Å². The summed E-state index contributed by atoms with van der Waals surface area (Å²) in [6.45, 7) is 1.98. The van der Waals surface area contributed by atoms with E-state index in [2.05, 4.69) is 22.8 Å². The molecule has 0 aromatic carbocycles. The summed E-state index contributed by atoms with van der Waals surface area (Å²) in [5, 5.41) is 6.62. The summed E-state index contributed by atoms with van der Waals surface area (Å²) < 4.78 is 5.68. The van der Waals surface area contributed by atoms with E-state index in [4.69, 9.17) is 4.42 Å². The molecule has 0 saturated heterocycles. The Morgan fingerprint density at radius 1 is 1.25 bits per heavy atom. The standard InChI is InChI=1S/C13H22N2O/c1-14-10-13-8-7-12(16-13)4-2-3-9-15-11-5-6-11/h7-8,11,14-15H,2-6,9-10H2,1H3. The van der Waals surface area contributed by atoms with Crippen molar-refractivity contribution in [2.45, 2.75) is 44.7 Å². The first kappa shape index (κ1) is 11.7. The van der Waals surface area contributed by atoms with Crippen LogP contribution < -0.4 is 10.6 Å². The van der Waals surface area contributed by atoms with Crippen LogP contribution in [0.1, 0.15) is 37.2 Å². The zero-order chi connectivity index (χ0) is 11.2. The van der Waals surface area contributed by atoms with Gasteiger partial charge in [0.25, 0.3) is 0 Å². The fraction of sp³-hybridized carbons (Fsp3) is 0.692. The monoisotopic (exact) mass is 222 g/mol. The van der Waals surface area contributed by atoms with Crippen molar-refractivity contribution in [2.75, 3.05) is 13.6 Å². The van der Waals surface area contributed by atoms with Crippen molar-refractivity contribution < 1.29 is 4.42 Å². The number of rotatable bonds is 8. The van der Waals surface area contributed by atoms with Gasteiger partial charge in [-0.1, -0.05) is 0 Å². The fourth-order valence-corrected chi connectivity index (χ4v) is 1.84. The molecule has 1 aliphatic carbocycles. The third kappa shape index (κ3) is 3.99. The highest BCUT2D eigenvalue weighted by molar-refractivity contribution is 5.07. The minimum Gasteiger partial charge on any atom is -0.465 e. The molecular formula is C13H22N2O. The lowest BCUT2D eigenvalue weighted by atomic mass is 10.2. The van der Waals surface area contributed by atoms with E-state index in [1.807, 2.05) is 7.05 Å². The van der Waals surface area contributed by atoms with Crippen molar-refractivity contribution in [3.63, 3.8) is 0 Å². The lowest BCUT2D eigenvalue weighted by Gasteiger charge is -2.01. The van der Waals surface area contributed by atoms with Gasteiger partial charge < -0.3 is 15.1 Å². The Morgan fingerprint density at radius 3 is 2.81 bits per heavy atom. The summed E-state index contributed by atoms with van der Waals surface area (Å²) in [6.07, 6.45) is 6.29. The van der Waals surface area contributed by atoms with E-state index >= 15 is 0 Å². The Kier molecular flexibility index (Phi) is 4.43. The first-order valence-corrected chi connectivity index (χ1v) is 6.34. The molecule has 1 aliphatic rings. The third-order valence-electron chi connectivity index (χ3n) is 2.93. The Labute approximate surface area is 97.6 Å². The van der Waals surface area contributed by atoms with Crippen LogP contribution in [-0.4, -0.2) is 19.6 Å². The van der Waals surface area contributed by atoms with E-state index in [-0.39, 0.29) is 0 Å². The summed E-state index contributed by atoms with van der Waals surface area (Å²) in [6, 6.07) is 5.00. The van der Waals surface area contributed by atoms with Gasteiger partial charge in [0.1, 0.15) is 11.5 Å². The van der Waals surface area contributed by atoms with Crippen LogP contribution in [0.5, 0.6) is 0 Å². The summed E-state index contributed by atoms with van der Waals surface area (Å²) in [5.41, 5.74) is 0. The summed E-state index contributed by atoms with van der Waals surface area (Å²) >= 11 is 0. The topological polar surface area (TPSA) is 37.2 Å². The van der Waals surface area contributed by atoms with E-state index < -0.39 is 0 Å². The second-order valence-electron chi connectivity index (χ2n) is 4.58. The van der Waals surface area contributed by atoms with E-state index in [9.17, 15) is 0 Å². The minimum absolute atomic E-state index is 0.823. The van der Waals surface area contributed by atoms with Crippen molar-refractivity contribution in [1.82, 2.24) is 10.6 Å². The molecule has 0 bridgehead atoms. The van der Waals surface area contributed by atoms with Gasteiger partial charge in [-0.25, -0.2) is 0 Å². The molecule has 2 N–H and O–H groups in total. The van der Waals surface area contributed by atoms with Crippen LogP contribution in [-0.2, 0) is 13.0 Å². The Bertz CT molecular complexity index is 305. The molecular weight excluding hydrogens is 200 g/mol. The smallest absolute Gasteiger partial charge is 0.117 e. The molecule has 16 heavy (non-hydrogen) atoms. The van der Waals surface area contributed by atoms with Gasteiger partial charge in [-0.2, -0.15) is 0 Å². The molecule has 1 aromatic rings. The average Bonchev–Trinajstić information content (AvgIpc) is 2.99. The van der Waals surface area contributed by atoms with Crippen LogP contribution in [0.2, 0.25) is 0 Å². The second-order valence-corrected chi connectivity index (χ2v) is 4.58. The third-order valence-corrected chi connectivity index (χ3v) is 2.93. The second kappa shape index (κ2) is 6.06. The quantitative estimate of drug-likeness (QED) is 0.661. The molecule has 2 rings (SSSR count). The normalized spacial score (nSPS) is 15.6. The highest BCUT2D eigenvalue weighted by atomic mass is 16.3. The van der Waals surface area contributed by atoms with Crippen molar-refractivity contribution in [1.29, 1.82) is 0 Å². The number of hydrogen-bond donors (Lipinski definition) is 2. The van der Waals surface area contributed by atoms with Gasteiger partial charge in [0.05, 0.1) is 6.54 Å². The van der Waals surface area contributed by atoms with Crippen molar-refractivity contribution in [3.05, 3.63) is 23.7 Å². The maximum atomic E-state index is 5.68. The molecule has 0 atom stereocenters. The van der Waals surface area contributed by atoms with Crippen LogP contribution in [0, 0.1) is 0 Å². The zero-order valence-electron chi connectivity index (χ0n) is 10.1. The van der Waals surface area contributed by atoms with Crippen molar-refractivity contribution >= 4 is 0 Å². The molecule has 1 fully saturated rings. The number of aryl methyl sites for hydroxylation is 1. The largest absolute Gasteiger partial charge is 0.465 e. The summed E-state index contributed by atoms with van der Waals surface area (Å²) in [4.78, 5) is 0. The lowest BCUT2D eigenvalue weighted by molar-refractivity contribution is 0.446. The van der Waals surface area contributed by atoms with Gasteiger partial charge >= 0.3 is 0 Å². The molecule has 90 valence electrons. The summed E-state index contributed by atoms with van der Waals surface area (Å²) in [7, 11) is 1.94. The van der Waals surface area contributed by atoms with E-state index in [1.54, 1.807) is 0 Å². The molecule has 3 nitrogen and oxygen atoms in total. The molecule has 1 aromatic heterocycles. The molecule has 1 heterocycles. The van der Waals surface area contributed by atoms with E-state index in [1.165, 1.54) is 25.7 Å². The molecule has 0 spiro atoms. The number of unbranched alkanes of at least 4 members (excludes halogenated alkanes) is 1. The predicted octanol–water partition coefficient (Wildman–Crippen LogP) is 2.07. The summed E-state index contributed by atoms with van der Waals surface area (Å²) in [5.74, 6) is 2.16. The van der Waals surface area contributed by atoms with Crippen molar-refractivity contribution in [2.24, 2.45) is 0 Å². The maximum Gasteiger partial charge on any atom is 0.117 e. The maximum absolute atomic E-state index is 5.68. The number of nitrogens with one attached hydrogen (secondary N) is 2. The van der Waals surface area contributed by atoms with Gasteiger partial charge in [-0.3, -0.25) is 0 Å². The lowest BCUT2D eigenvalue weighted by Crippen LogP contribution is -2.17. The molecule has 3 heteroatoms. The first-order valence-electron chi connectivity index (χ1n) is 6.34. The first-order chi connectivity index (χ1) is 7.88. The van der Waals surface area contributed by atoms with Crippen LogP contribution in [0.3, 0.4) is 0 Å². The average molecular weight is 222 g/mol. The van der Waals surface area contributed by atoms with Gasteiger partial charge in [-0.15, -0.1) is 0 Å². The molecule has 0 radical (unpaired) electrons. The molecule has 1 saturated carbocycles. The number of hydrogen-bond acceptors (Lipinski definition) is 3.